The number of carbonyl (C=O) groups is 10. The molecule has 0 aromatic rings. The first-order chi connectivity index (χ1) is 29.1. The van der Waals surface area contributed by atoms with Crippen molar-refractivity contribution in [2.24, 2.45) is 22.2 Å². The van der Waals surface area contributed by atoms with Crippen LogP contribution in [0.4, 0.5) is 0 Å². The summed E-state index contributed by atoms with van der Waals surface area (Å²) in [7, 11) is 0. The van der Waals surface area contributed by atoms with Crippen LogP contribution in [0, 0.1) is 0 Å². The molecule has 1 aliphatic heterocycles. The predicted molar refractivity (Wildman–Crippen MR) is 221 cm³/mol. The zero-order valence-electron chi connectivity index (χ0n) is 33.5. The molecule has 0 spiro atoms. The van der Waals surface area contributed by atoms with Crippen LogP contribution in [0.15, 0.2) is 4.99 Å². The van der Waals surface area contributed by atoms with E-state index < -0.39 is 140 Å². The Labute approximate surface area is 365 Å². The third-order valence-corrected chi connectivity index (χ3v) is 9.70. The van der Waals surface area contributed by atoms with Gasteiger partial charge in [0.1, 0.15) is 48.3 Å². The fraction of sp³-hybridized carbons (Fsp3) is 0.667. The van der Waals surface area contributed by atoms with Gasteiger partial charge in [0, 0.05) is 24.6 Å². The monoisotopic (exact) mass is 924 g/mol. The van der Waals surface area contributed by atoms with Crippen molar-refractivity contribution in [1.29, 1.82) is 0 Å². The maximum absolute atomic E-state index is 13.5. The van der Waals surface area contributed by atoms with Crippen molar-refractivity contribution in [3.05, 3.63) is 0 Å². The number of carboxylic acid groups (broad SMARTS) is 2. The standard InChI is InChI=1S/C33H56N12O15S2/c1-14(24(51)39-16(4-2-6-37-33(35)36)26(53)44-21(13-62)32(59)60)38-30(57)22-5-3-7-45(22)31(58)20(11-48)43-29(56)19(10-47)42-28(55)18(9-46)41-27(54)17(8-23(49)50)40-25(52)15(34)12-61/h14-22,46-48,61-62H,2-13,34H2,1H3,(H,38,57)(H,39,51)(H,40,52)(H,41,54)(H,42,55)(H,43,56)(H,44,53)(H,49,50)(H,59,60)(H4,35,36,37)/t14-,15-,16-,17-,18-,19-,20-,21-,22-/m0/s1. The number of aliphatic hydroxyl groups excluding tert-OH is 3. The van der Waals surface area contributed by atoms with E-state index in [-0.39, 0.29) is 56.2 Å². The van der Waals surface area contributed by atoms with Crippen molar-refractivity contribution >= 4 is 90.4 Å². The topological polar surface area (TPSA) is 450 Å². The number of aliphatic imine (C=N–C) groups is 1. The van der Waals surface area contributed by atoms with Crippen LogP contribution in [-0.2, 0) is 47.9 Å². The summed E-state index contributed by atoms with van der Waals surface area (Å²) >= 11 is 7.75. The molecule has 0 aromatic carbocycles. The van der Waals surface area contributed by atoms with Crippen LogP contribution >= 0.6 is 25.3 Å². The Morgan fingerprint density at radius 3 is 1.65 bits per heavy atom. The summed E-state index contributed by atoms with van der Waals surface area (Å²) < 4.78 is 0. The van der Waals surface area contributed by atoms with Crippen LogP contribution in [0.1, 0.15) is 39.0 Å². The summed E-state index contributed by atoms with van der Waals surface area (Å²) in [6.45, 7) is -1.96. The summed E-state index contributed by atoms with van der Waals surface area (Å²) in [4.78, 5) is 132. The molecule has 9 atom stereocenters. The molecular formula is C33H56N12O15S2. The predicted octanol–water partition coefficient (Wildman–Crippen LogP) is -8.83. The van der Waals surface area contributed by atoms with E-state index >= 15 is 0 Å². The van der Waals surface area contributed by atoms with Crippen LogP contribution in [0.25, 0.3) is 0 Å². The number of carbonyl (C=O) groups excluding carboxylic acids is 8. The Bertz CT molecular complexity index is 1660. The minimum atomic E-state index is -1.86. The molecule has 1 fully saturated rings. The molecule has 27 nitrogen and oxygen atoms in total. The average molecular weight is 925 g/mol. The fourth-order valence-electron chi connectivity index (χ4n) is 5.54. The zero-order chi connectivity index (χ0) is 47.3. The Hall–Kier alpha value is -5.49. The summed E-state index contributed by atoms with van der Waals surface area (Å²) in [6, 6.07) is -13.7. The number of guanidine groups is 1. The van der Waals surface area contributed by atoms with Gasteiger partial charge in [-0.3, -0.25) is 48.1 Å². The van der Waals surface area contributed by atoms with Crippen LogP contribution in [-0.4, -0.2) is 194 Å². The molecule has 0 saturated carbocycles. The van der Waals surface area contributed by atoms with Gasteiger partial charge >= 0.3 is 11.9 Å². The number of nitrogens with zero attached hydrogens (tertiary/aromatic N) is 2. The van der Waals surface area contributed by atoms with E-state index in [1.807, 2.05) is 10.6 Å². The number of amides is 8. The molecule has 8 amide bonds. The Kier molecular flexibility index (Phi) is 24.1. The number of hydrogen-bond acceptors (Lipinski definition) is 17. The SMILES string of the molecule is C[C@H](NC(=O)[C@@H]1CCCN1C(=O)[C@H](CO)NC(=O)[C@H](CO)NC(=O)[C@H](CO)NC(=O)[C@H](CC(=O)O)NC(=O)[C@@H](N)CS)C(=O)N[C@@H](CCCN=C(N)N)C(=O)N[C@@H](CS)C(=O)O. The molecule has 1 rings (SSSR count). The molecular weight excluding hydrogens is 869 g/mol. The average Bonchev–Trinajstić information content (AvgIpc) is 3.72. The quantitative estimate of drug-likeness (QED) is 0.0157. The van der Waals surface area contributed by atoms with Gasteiger partial charge in [0.15, 0.2) is 5.96 Å². The maximum atomic E-state index is 13.5. The lowest BCUT2D eigenvalue weighted by molar-refractivity contribution is -0.143. The van der Waals surface area contributed by atoms with Gasteiger partial charge in [0.05, 0.1) is 32.3 Å². The molecule has 62 heavy (non-hydrogen) atoms. The number of hydrogen-bond donors (Lipinski definition) is 17. The van der Waals surface area contributed by atoms with Crippen LogP contribution in [0.2, 0.25) is 0 Å². The number of aliphatic hydroxyl groups is 3. The summed E-state index contributed by atoms with van der Waals surface area (Å²) in [5, 5.41) is 63.6. The van der Waals surface area contributed by atoms with Crippen molar-refractivity contribution in [3.63, 3.8) is 0 Å². The summed E-state index contributed by atoms with van der Waals surface area (Å²) in [6.07, 6.45) is -0.474. The molecule has 0 aromatic heterocycles. The molecule has 0 radical (unpaired) electrons. The van der Waals surface area contributed by atoms with E-state index in [1.165, 1.54) is 6.92 Å². The number of thiol groups is 2. The number of carboxylic acids is 2. The second-order valence-electron chi connectivity index (χ2n) is 13.7. The minimum Gasteiger partial charge on any atom is -0.481 e. The normalized spacial score (nSPS) is 17.2. The van der Waals surface area contributed by atoms with Crippen molar-refractivity contribution in [1.82, 2.24) is 42.1 Å². The van der Waals surface area contributed by atoms with Gasteiger partial charge in [-0.15, -0.1) is 0 Å². The molecule has 1 aliphatic rings. The molecule has 1 saturated heterocycles. The summed E-state index contributed by atoms with van der Waals surface area (Å²) in [5.74, 6) is -11.8. The van der Waals surface area contributed by atoms with Crippen molar-refractivity contribution in [2.75, 3.05) is 44.4 Å². The van der Waals surface area contributed by atoms with Crippen molar-refractivity contribution < 1.29 is 73.5 Å². The molecule has 0 bridgehead atoms. The molecule has 1 heterocycles. The lowest BCUT2D eigenvalue weighted by Gasteiger charge is -2.30. The molecule has 350 valence electrons. The first-order valence-corrected chi connectivity index (χ1v) is 20.1. The highest BCUT2D eigenvalue weighted by Gasteiger charge is 2.40. The highest BCUT2D eigenvalue weighted by atomic mass is 32.1. The van der Waals surface area contributed by atoms with Gasteiger partial charge in [0.2, 0.25) is 47.3 Å². The number of nitrogens with two attached hydrogens (primary N) is 3. The van der Waals surface area contributed by atoms with Crippen LogP contribution in [0.3, 0.4) is 0 Å². The first-order valence-electron chi connectivity index (χ1n) is 18.9. The van der Waals surface area contributed by atoms with E-state index in [0.29, 0.717) is 0 Å². The van der Waals surface area contributed by atoms with Crippen molar-refractivity contribution in [3.8, 4) is 0 Å². The zero-order valence-corrected chi connectivity index (χ0v) is 35.3. The number of likely N-dealkylation sites (tertiary alicyclic amines) is 1. The molecule has 18 N–H and O–H groups in total. The number of rotatable bonds is 27. The minimum absolute atomic E-state index is 0.0419. The van der Waals surface area contributed by atoms with Gasteiger partial charge in [-0.25, -0.2) is 4.79 Å². The van der Waals surface area contributed by atoms with Gasteiger partial charge in [-0.05, 0) is 32.6 Å². The molecule has 0 aliphatic carbocycles. The van der Waals surface area contributed by atoms with E-state index in [2.05, 4.69) is 56.8 Å². The van der Waals surface area contributed by atoms with Gasteiger partial charge in [-0.1, -0.05) is 0 Å². The maximum Gasteiger partial charge on any atom is 0.327 e. The Balaban J connectivity index is 3.02. The Morgan fingerprint density at radius 2 is 1.16 bits per heavy atom. The third kappa shape index (κ3) is 17.8. The fourth-order valence-corrected chi connectivity index (χ4v) is 5.95. The Morgan fingerprint density at radius 1 is 0.677 bits per heavy atom. The molecule has 29 heteroatoms. The van der Waals surface area contributed by atoms with Gasteiger partial charge in [0.25, 0.3) is 0 Å². The largest absolute Gasteiger partial charge is 0.481 e. The highest BCUT2D eigenvalue weighted by molar-refractivity contribution is 7.80. The van der Waals surface area contributed by atoms with Crippen LogP contribution < -0.4 is 54.4 Å². The lowest BCUT2D eigenvalue weighted by Crippen LogP contribution is -2.61. The summed E-state index contributed by atoms with van der Waals surface area (Å²) in [5.41, 5.74) is 16.2. The van der Waals surface area contributed by atoms with Gasteiger partial charge in [-0.2, -0.15) is 25.3 Å². The highest BCUT2D eigenvalue weighted by Crippen LogP contribution is 2.19. The van der Waals surface area contributed by atoms with Crippen molar-refractivity contribution in [2.45, 2.75) is 93.4 Å². The van der Waals surface area contributed by atoms with Gasteiger partial charge < -0.3 is 84.9 Å². The second kappa shape index (κ2) is 27.5. The van der Waals surface area contributed by atoms with E-state index in [9.17, 15) is 73.5 Å². The second-order valence-corrected chi connectivity index (χ2v) is 14.4. The van der Waals surface area contributed by atoms with E-state index in [1.54, 1.807) is 0 Å². The van der Waals surface area contributed by atoms with Crippen LogP contribution in [0.5, 0.6) is 0 Å². The first kappa shape index (κ1) is 54.5. The molecule has 0 unspecified atom stereocenters. The van der Waals surface area contributed by atoms with E-state index in [4.69, 9.17) is 17.2 Å². The lowest BCUT2D eigenvalue weighted by atomic mass is 10.1. The van der Waals surface area contributed by atoms with E-state index in [0.717, 1.165) is 4.90 Å². The number of aliphatic carboxylic acids is 2. The smallest absolute Gasteiger partial charge is 0.327 e. The third-order valence-electron chi connectivity index (χ3n) is 8.94. The number of nitrogens with one attached hydrogen (secondary N) is 7.